The SMILES string of the molecule is CCC1CCCCC1N(CC)C1COCC1C(=O)O. The molecular weight excluding hydrogens is 242 g/mol. The van der Waals surface area contributed by atoms with E-state index in [0.717, 1.165) is 12.5 Å². The summed E-state index contributed by atoms with van der Waals surface area (Å²) >= 11 is 0. The molecule has 0 aromatic rings. The molecule has 0 bridgehead atoms. The van der Waals surface area contributed by atoms with Crippen LogP contribution in [0.15, 0.2) is 0 Å². The minimum absolute atomic E-state index is 0.0691. The summed E-state index contributed by atoms with van der Waals surface area (Å²) in [7, 11) is 0. The molecule has 2 fully saturated rings. The van der Waals surface area contributed by atoms with E-state index in [2.05, 4.69) is 18.7 Å². The topological polar surface area (TPSA) is 49.8 Å². The largest absolute Gasteiger partial charge is 0.481 e. The smallest absolute Gasteiger partial charge is 0.310 e. The Balaban J connectivity index is 2.11. The highest BCUT2D eigenvalue weighted by molar-refractivity contribution is 5.71. The zero-order valence-corrected chi connectivity index (χ0v) is 12.2. The molecule has 0 aromatic carbocycles. The van der Waals surface area contributed by atoms with Crippen LogP contribution in [0.5, 0.6) is 0 Å². The van der Waals surface area contributed by atoms with Gasteiger partial charge in [0.1, 0.15) is 0 Å². The predicted octanol–water partition coefficient (Wildman–Crippen LogP) is 2.38. The van der Waals surface area contributed by atoms with Gasteiger partial charge in [-0.2, -0.15) is 0 Å². The molecule has 4 heteroatoms. The van der Waals surface area contributed by atoms with Crippen molar-refractivity contribution in [1.82, 2.24) is 4.90 Å². The third-order valence-electron chi connectivity index (χ3n) is 4.98. The zero-order valence-electron chi connectivity index (χ0n) is 12.2. The minimum atomic E-state index is -0.704. The predicted molar refractivity (Wildman–Crippen MR) is 74.1 cm³/mol. The minimum Gasteiger partial charge on any atom is -0.481 e. The van der Waals surface area contributed by atoms with Crippen LogP contribution in [-0.2, 0) is 9.53 Å². The van der Waals surface area contributed by atoms with E-state index in [-0.39, 0.29) is 12.0 Å². The van der Waals surface area contributed by atoms with Crippen LogP contribution in [0.2, 0.25) is 0 Å². The van der Waals surface area contributed by atoms with Gasteiger partial charge in [-0.05, 0) is 25.3 Å². The molecule has 4 nitrogen and oxygen atoms in total. The summed E-state index contributed by atoms with van der Waals surface area (Å²) in [6.45, 7) is 6.30. The summed E-state index contributed by atoms with van der Waals surface area (Å²) in [5.41, 5.74) is 0. The molecule has 1 heterocycles. The van der Waals surface area contributed by atoms with Crippen molar-refractivity contribution in [2.24, 2.45) is 11.8 Å². The van der Waals surface area contributed by atoms with Gasteiger partial charge in [-0.15, -0.1) is 0 Å². The maximum Gasteiger partial charge on any atom is 0.310 e. The van der Waals surface area contributed by atoms with E-state index in [1.807, 2.05) is 0 Å². The van der Waals surface area contributed by atoms with Crippen molar-refractivity contribution in [3.8, 4) is 0 Å². The van der Waals surface area contributed by atoms with Crippen LogP contribution < -0.4 is 0 Å². The highest BCUT2D eigenvalue weighted by Gasteiger charge is 2.41. The molecular formula is C15H27NO3. The molecule has 1 saturated heterocycles. The Hall–Kier alpha value is -0.610. The van der Waals surface area contributed by atoms with Gasteiger partial charge in [-0.1, -0.05) is 33.1 Å². The molecule has 4 atom stereocenters. The highest BCUT2D eigenvalue weighted by atomic mass is 16.5. The van der Waals surface area contributed by atoms with Crippen molar-refractivity contribution in [3.05, 3.63) is 0 Å². The number of carboxylic acids is 1. The summed E-state index contributed by atoms with van der Waals surface area (Å²) in [6, 6.07) is 0.622. The zero-order chi connectivity index (χ0) is 13.8. The van der Waals surface area contributed by atoms with E-state index in [0.29, 0.717) is 19.3 Å². The van der Waals surface area contributed by atoms with Gasteiger partial charge >= 0.3 is 5.97 Å². The highest BCUT2D eigenvalue weighted by Crippen LogP contribution is 2.34. The molecule has 1 aliphatic heterocycles. The molecule has 110 valence electrons. The van der Waals surface area contributed by atoms with Gasteiger partial charge < -0.3 is 9.84 Å². The Kier molecular flexibility index (Phi) is 5.22. The fourth-order valence-electron chi connectivity index (χ4n) is 3.92. The first-order valence-corrected chi connectivity index (χ1v) is 7.75. The van der Waals surface area contributed by atoms with Crippen LogP contribution in [0, 0.1) is 11.8 Å². The molecule has 1 saturated carbocycles. The first kappa shape index (κ1) is 14.8. The van der Waals surface area contributed by atoms with E-state index in [1.54, 1.807) is 0 Å². The second kappa shape index (κ2) is 6.71. The van der Waals surface area contributed by atoms with Crippen molar-refractivity contribution in [2.75, 3.05) is 19.8 Å². The Bertz CT molecular complexity index is 308. The quantitative estimate of drug-likeness (QED) is 0.832. The van der Waals surface area contributed by atoms with E-state index >= 15 is 0 Å². The third kappa shape index (κ3) is 3.11. The van der Waals surface area contributed by atoms with Crippen LogP contribution in [0.3, 0.4) is 0 Å². The average molecular weight is 269 g/mol. The molecule has 0 radical (unpaired) electrons. The van der Waals surface area contributed by atoms with Gasteiger partial charge in [0.25, 0.3) is 0 Å². The summed E-state index contributed by atoms with van der Waals surface area (Å²) in [5.74, 6) is -0.326. The lowest BCUT2D eigenvalue weighted by Crippen LogP contribution is -2.52. The van der Waals surface area contributed by atoms with Crippen LogP contribution in [-0.4, -0.2) is 47.8 Å². The molecule has 2 aliphatic rings. The maximum atomic E-state index is 11.4. The van der Waals surface area contributed by atoms with Crippen molar-refractivity contribution in [1.29, 1.82) is 0 Å². The van der Waals surface area contributed by atoms with E-state index < -0.39 is 5.97 Å². The Morgan fingerprint density at radius 1 is 1.21 bits per heavy atom. The van der Waals surface area contributed by atoms with Crippen molar-refractivity contribution >= 4 is 5.97 Å². The number of aliphatic carboxylic acids is 1. The van der Waals surface area contributed by atoms with Gasteiger partial charge in [-0.25, -0.2) is 0 Å². The molecule has 2 rings (SSSR count). The van der Waals surface area contributed by atoms with Gasteiger partial charge in [-0.3, -0.25) is 9.69 Å². The molecule has 19 heavy (non-hydrogen) atoms. The molecule has 0 spiro atoms. The maximum absolute atomic E-state index is 11.4. The average Bonchev–Trinajstić information content (AvgIpc) is 2.89. The Morgan fingerprint density at radius 2 is 1.95 bits per heavy atom. The first-order chi connectivity index (χ1) is 9.19. The first-order valence-electron chi connectivity index (χ1n) is 7.75. The van der Waals surface area contributed by atoms with Gasteiger partial charge in [0.2, 0.25) is 0 Å². The van der Waals surface area contributed by atoms with Crippen LogP contribution in [0.4, 0.5) is 0 Å². The monoisotopic (exact) mass is 269 g/mol. The number of rotatable bonds is 5. The van der Waals surface area contributed by atoms with Crippen molar-refractivity contribution in [2.45, 2.75) is 58.0 Å². The fourth-order valence-corrected chi connectivity index (χ4v) is 3.92. The standard InChI is InChI=1S/C15H27NO3/c1-3-11-7-5-6-8-13(11)16(4-2)14-10-19-9-12(14)15(17)18/h11-14H,3-10H2,1-2H3,(H,17,18). The lowest BCUT2D eigenvalue weighted by atomic mass is 9.80. The Morgan fingerprint density at radius 3 is 2.58 bits per heavy atom. The second-order valence-corrected chi connectivity index (χ2v) is 5.90. The van der Waals surface area contributed by atoms with Gasteiger partial charge in [0.05, 0.1) is 19.1 Å². The number of ether oxygens (including phenoxy) is 1. The lowest BCUT2D eigenvalue weighted by Gasteiger charge is -2.43. The van der Waals surface area contributed by atoms with Gasteiger partial charge in [0.15, 0.2) is 0 Å². The van der Waals surface area contributed by atoms with Crippen LogP contribution >= 0.6 is 0 Å². The number of carbonyl (C=O) groups is 1. The number of likely N-dealkylation sites (N-methyl/N-ethyl adjacent to an activating group) is 1. The van der Waals surface area contributed by atoms with E-state index in [4.69, 9.17) is 4.74 Å². The Labute approximate surface area is 116 Å². The van der Waals surface area contributed by atoms with Gasteiger partial charge in [0, 0.05) is 12.1 Å². The number of carboxylic acid groups (broad SMARTS) is 1. The third-order valence-corrected chi connectivity index (χ3v) is 4.98. The van der Waals surface area contributed by atoms with Crippen LogP contribution in [0.1, 0.15) is 46.0 Å². The number of hydrogen-bond acceptors (Lipinski definition) is 3. The van der Waals surface area contributed by atoms with E-state index in [1.165, 1.54) is 32.1 Å². The molecule has 1 aliphatic carbocycles. The summed E-state index contributed by atoms with van der Waals surface area (Å²) in [6.07, 6.45) is 6.32. The number of hydrogen-bond donors (Lipinski definition) is 1. The summed E-state index contributed by atoms with van der Waals surface area (Å²) < 4.78 is 5.45. The summed E-state index contributed by atoms with van der Waals surface area (Å²) in [4.78, 5) is 13.8. The normalized spacial score (nSPS) is 35.7. The number of nitrogens with zero attached hydrogens (tertiary/aromatic N) is 1. The van der Waals surface area contributed by atoms with E-state index in [9.17, 15) is 9.90 Å². The second-order valence-electron chi connectivity index (χ2n) is 5.90. The van der Waals surface area contributed by atoms with Crippen molar-refractivity contribution < 1.29 is 14.6 Å². The molecule has 4 unspecified atom stereocenters. The molecule has 0 amide bonds. The molecule has 1 N–H and O–H groups in total. The lowest BCUT2D eigenvalue weighted by molar-refractivity contribution is -0.143. The van der Waals surface area contributed by atoms with Crippen LogP contribution in [0.25, 0.3) is 0 Å². The molecule has 0 aromatic heterocycles. The summed E-state index contributed by atoms with van der Waals surface area (Å²) in [5, 5.41) is 9.34. The van der Waals surface area contributed by atoms with Crippen molar-refractivity contribution in [3.63, 3.8) is 0 Å². The fraction of sp³-hybridized carbons (Fsp3) is 0.933.